The molecule has 0 radical (unpaired) electrons. The van der Waals surface area contributed by atoms with Crippen LogP contribution in [0.2, 0.25) is 0 Å². The number of hydrogen-bond acceptors (Lipinski definition) is 4. The fourth-order valence-corrected chi connectivity index (χ4v) is 3.37. The highest BCUT2D eigenvalue weighted by Crippen LogP contribution is 2.31. The van der Waals surface area contributed by atoms with Crippen LogP contribution in [-0.2, 0) is 4.74 Å². The van der Waals surface area contributed by atoms with Gasteiger partial charge in [0.1, 0.15) is 11.6 Å². The maximum absolute atomic E-state index is 5.58. The van der Waals surface area contributed by atoms with Crippen molar-refractivity contribution in [2.24, 2.45) is 0 Å². The lowest BCUT2D eigenvalue weighted by atomic mass is 10.0. The Labute approximate surface area is 138 Å². The van der Waals surface area contributed by atoms with Crippen molar-refractivity contribution in [1.29, 1.82) is 0 Å². The maximum Gasteiger partial charge on any atom is 0.143 e. The van der Waals surface area contributed by atoms with Gasteiger partial charge in [-0.3, -0.25) is 0 Å². The average Bonchev–Trinajstić information content (AvgIpc) is 2.56. The molecule has 3 rings (SSSR count). The van der Waals surface area contributed by atoms with Crippen molar-refractivity contribution >= 4 is 28.4 Å². The molecule has 1 fully saturated rings. The summed E-state index contributed by atoms with van der Waals surface area (Å²) >= 11 is 2.31. The maximum atomic E-state index is 5.58. The van der Waals surface area contributed by atoms with Gasteiger partial charge < -0.3 is 10.1 Å². The molecule has 1 unspecified atom stereocenters. The van der Waals surface area contributed by atoms with Gasteiger partial charge in [-0.15, -0.1) is 0 Å². The van der Waals surface area contributed by atoms with Crippen molar-refractivity contribution in [3.05, 3.63) is 39.7 Å². The standard InChI is InChI=1S/C16H18IN3O/c1-18-16-13(17)14(11-6-3-2-4-7-11)19-15(20-16)12-8-5-9-21-10-12/h2-4,6-7,12H,5,8-10H2,1H3,(H,18,19,20). The molecule has 1 aromatic carbocycles. The second kappa shape index (κ2) is 6.70. The number of benzene rings is 1. The van der Waals surface area contributed by atoms with Gasteiger partial charge in [-0.25, -0.2) is 9.97 Å². The van der Waals surface area contributed by atoms with Crippen molar-refractivity contribution < 1.29 is 4.74 Å². The number of anilines is 1. The fraction of sp³-hybridized carbons (Fsp3) is 0.375. The SMILES string of the molecule is CNc1nc(C2CCCOC2)nc(-c2ccccc2)c1I. The first-order valence-electron chi connectivity index (χ1n) is 7.18. The molecule has 0 saturated carbocycles. The molecule has 1 N–H and O–H groups in total. The molecule has 5 heteroatoms. The van der Waals surface area contributed by atoms with E-state index < -0.39 is 0 Å². The summed E-state index contributed by atoms with van der Waals surface area (Å²) in [6.07, 6.45) is 2.17. The van der Waals surface area contributed by atoms with E-state index in [1.165, 1.54) is 0 Å². The largest absolute Gasteiger partial charge is 0.381 e. The molecule has 21 heavy (non-hydrogen) atoms. The van der Waals surface area contributed by atoms with Crippen molar-refractivity contribution in [3.8, 4) is 11.3 Å². The first-order chi connectivity index (χ1) is 10.3. The van der Waals surface area contributed by atoms with E-state index in [2.05, 4.69) is 40.0 Å². The van der Waals surface area contributed by atoms with Crippen LogP contribution in [0.4, 0.5) is 5.82 Å². The van der Waals surface area contributed by atoms with Crippen molar-refractivity contribution in [2.45, 2.75) is 18.8 Å². The molecule has 1 atom stereocenters. The summed E-state index contributed by atoms with van der Waals surface area (Å²) in [5, 5.41) is 3.19. The number of hydrogen-bond donors (Lipinski definition) is 1. The smallest absolute Gasteiger partial charge is 0.143 e. The molecule has 1 saturated heterocycles. The minimum atomic E-state index is 0.297. The first kappa shape index (κ1) is 14.7. The Kier molecular flexibility index (Phi) is 4.70. The lowest BCUT2D eigenvalue weighted by Gasteiger charge is -2.22. The van der Waals surface area contributed by atoms with E-state index in [0.717, 1.165) is 52.5 Å². The van der Waals surface area contributed by atoms with Gasteiger partial charge >= 0.3 is 0 Å². The zero-order valence-electron chi connectivity index (χ0n) is 12.0. The number of halogens is 1. The van der Waals surface area contributed by atoms with Crippen LogP contribution >= 0.6 is 22.6 Å². The van der Waals surface area contributed by atoms with E-state index in [4.69, 9.17) is 14.7 Å². The van der Waals surface area contributed by atoms with Crippen LogP contribution in [0.5, 0.6) is 0 Å². The highest BCUT2D eigenvalue weighted by Gasteiger charge is 2.22. The zero-order chi connectivity index (χ0) is 14.7. The van der Waals surface area contributed by atoms with Crippen LogP contribution in [0.1, 0.15) is 24.6 Å². The summed E-state index contributed by atoms with van der Waals surface area (Å²) in [6, 6.07) is 10.3. The summed E-state index contributed by atoms with van der Waals surface area (Å²) < 4.78 is 6.64. The lowest BCUT2D eigenvalue weighted by molar-refractivity contribution is 0.0781. The van der Waals surface area contributed by atoms with Crippen LogP contribution in [0.25, 0.3) is 11.3 Å². The Balaban J connectivity index is 2.06. The van der Waals surface area contributed by atoms with Gasteiger partial charge in [-0.05, 0) is 35.4 Å². The van der Waals surface area contributed by atoms with Gasteiger partial charge in [0.25, 0.3) is 0 Å². The van der Waals surface area contributed by atoms with Gasteiger partial charge in [0.15, 0.2) is 0 Å². The summed E-state index contributed by atoms with van der Waals surface area (Å²) in [5.41, 5.74) is 2.12. The monoisotopic (exact) mass is 395 g/mol. The Bertz CT molecular complexity index is 612. The Hall–Kier alpha value is -1.21. The molecule has 1 aromatic heterocycles. The minimum absolute atomic E-state index is 0.297. The number of aromatic nitrogens is 2. The quantitative estimate of drug-likeness (QED) is 0.806. The Morgan fingerprint density at radius 2 is 2.05 bits per heavy atom. The van der Waals surface area contributed by atoms with Gasteiger partial charge in [-0.1, -0.05) is 30.3 Å². The number of ether oxygens (including phenoxy) is 1. The first-order valence-corrected chi connectivity index (χ1v) is 8.26. The normalized spacial score (nSPS) is 18.5. The van der Waals surface area contributed by atoms with Gasteiger partial charge in [-0.2, -0.15) is 0 Å². The van der Waals surface area contributed by atoms with E-state index >= 15 is 0 Å². The average molecular weight is 395 g/mol. The Morgan fingerprint density at radius 1 is 1.24 bits per heavy atom. The number of nitrogens with zero attached hydrogens (tertiary/aromatic N) is 2. The number of rotatable bonds is 3. The van der Waals surface area contributed by atoms with Crippen LogP contribution in [0.3, 0.4) is 0 Å². The van der Waals surface area contributed by atoms with Gasteiger partial charge in [0.2, 0.25) is 0 Å². The predicted molar refractivity (Wildman–Crippen MR) is 92.5 cm³/mol. The summed E-state index contributed by atoms with van der Waals surface area (Å²) in [5.74, 6) is 2.08. The number of nitrogens with one attached hydrogen (secondary N) is 1. The highest BCUT2D eigenvalue weighted by atomic mass is 127. The predicted octanol–water partition coefficient (Wildman–Crippen LogP) is 3.68. The van der Waals surface area contributed by atoms with Crippen molar-refractivity contribution in [2.75, 3.05) is 25.6 Å². The second-order valence-corrected chi connectivity index (χ2v) is 6.20. The molecule has 0 bridgehead atoms. The molecular weight excluding hydrogens is 377 g/mol. The van der Waals surface area contributed by atoms with Crippen molar-refractivity contribution in [3.63, 3.8) is 0 Å². The fourth-order valence-electron chi connectivity index (χ4n) is 2.54. The van der Waals surface area contributed by atoms with Gasteiger partial charge in [0, 0.05) is 25.1 Å². The molecule has 1 aliphatic heterocycles. The highest BCUT2D eigenvalue weighted by molar-refractivity contribution is 14.1. The minimum Gasteiger partial charge on any atom is -0.381 e. The third kappa shape index (κ3) is 3.18. The van der Waals surface area contributed by atoms with E-state index in [1.54, 1.807) is 0 Å². The van der Waals surface area contributed by atoms with Crippen molar-refractivity contribution in [1.82, 2.24) is 9.97 Å². The van der Waals surface area contributed by atoms with Crippen LogP contribution < -0.4 is 5.32 Å². The molecular formula is C16H18IN3O. The second-order valence-electron chi connectivity index (χ2n) is 5.12. The Morgan fingerprint density at radius 3 is 2.71 bits per heavy atom. The van der Waals surface area contributed by atoms with E-state index in [0.29, 0.717) is 5.92 Å². The third-order valence-electron chi connectivity index (χ3n) is 3.68. The van der Waals surface area contributed by atoms with Crippen LogP contribution in [0, 0.1) is 3.57 Å². The van der Waals surface area contributed by atoms with E-state index in [9.17, 15) is 0 Å². The zero-order valence-corrected chi connectivity index (χ0v) is 14.1. The summed E-state index contributed by atoms with van der Waals surface area (Å²) in [6.45, 7) is 1.57. The molecule has 4 nitrogen and oxygen atoms in total. The van der Waals surface area contributed by atoms with Crippen LogP contribution in [-0.4, -0.2) is 30.2 Å². The topological polar surface area (TPSA) is 47.0 Å². The molecule has 2 aromatic rings. The van der Waals surface area contributed by atoms with Crippen LogP contribution in [0.15, 0.2) is 30.3 Å². The molecule has 0 aliphatic carbocycles. The summed E-state index contributed by atoms with van der Waals surface area (Å²) in [7, 11) is 1.90. The molecule has 0 spiro atoms. The van der Waals surface area contributed by atoms with E-state index in [1.807, 2.05) is 25.2 Å². The molecule has 2 heterocycles. The van der Waals surface area contributed by atoms with E-state index in [-0.39, 0.29) is 0 Å². The third-order valence-corrected chi connectivity index (χ3v) is 4.70. The molecule has 1 aliphatic rings. The molecule has 0 amide bonds. The lowest BCUT2D eigenvalue weighted by Crippen LogP contribution is -2.19. The molecule has 110 valence electrons. The van der Waals surface area contributed by atoms with Gasteiger partial charge in [0.05, 0.1) is 15.9 Å². The summed E-state index contributed by atoms with van der Waals surface area (Å²) in [4.78, 5) is 9.53.